The van der Waals surface area contributed by atoms with Crippen LogP contribution in [0.3, 0.4) is 0 Å². The van der Waals surface area contributed by atoms with Crippen LogP contribution in [-0.2, 0) is 4.74 Å². The molecule has 1 aromatic heterocycles. The fourth-order valence-electron chi connectivity index (χ4n) is 2.65. The second kappa shape index (κ2) is 6.56. The first-order chi connectivity index (χ1) is 11.4. The zero-order chi connectivity index (χ0) is 15.5. The molecule has 23 heavy (non-hydrogen) atoms. The zero-order valence-corrected chi connectivity index (χ0v) is 13.5. The van der Waals surface area contributed by atoms with Crippen molar-refractivity contribution >= 4 is 32.4 Å². The van der Waals surface area contributed by atoms with Crippen LogP contribution in [-0.4, -0.2) is 24.3 Å². The smallest absolute Gasteiger partial charge is 0.188 e. The van der Waals surface area contributed by atoms with E-state index in [2.05, 4.69) is 16.4 Å². The summed E-state index contributed by atoms with van der Waals surface area (Å²) in [4.78, 5) is 4.58. The molecule has 1 fully saturated rings. The topological polar surface area (TPSA) is 43.4 Å². The van der Waals surface area contributed by atoms with Crippen molar-refractivity contribution in [3.05, 3.63) is 48.5 Å². The highest BCUT2D eigenvalue weighted by atomic mass is 32.1. The van der Waals surface area contributed by atoms with E-state index in [9.17, 15) is 0 Å². The van der Waals surface area contributed by atoms with Crippen molar-refractivity contribution in [3.8, 4) is 5.75 Å². The van der Waals surface area contributed by atoms with Crippen LogP contribution in [0, 0.1) is 0 Å². The van der Waals surface area contributed by atoms with Crippen LogP contribution >= 0.6 is 11.3 Å². The zero-order valence-electron chi connectivity index (χ0n) is 12.7. The molecular formula is C18H18N2O2S. The first-order valence-electron chi connectivity index (χ1n) is 7.84. The lowest BCUT2D eigenvalue weighted by molar-refractivity contribution is 0.0679. The maximum Gasteiger partial charge on any atom is 0.188 e. The maximum absolute atomic E-state index is 5.78. The highest BCUT2D eigenvalue weighted by molar-refractivity contribution is 7.22. The van der Waals surface area contributed by atoms with E-state index in [-0.39, 0.29) is 6.10 Å². The number of benzene rings is 2. The molecule has 4 nitrogen and oxygen atoms in total. The predicted octanol–water partition coefficient (Wildman–Crippen LogP) is 4.60. The van der Waals surface area contributed by atoms with Gasteiger partial charge in [-0.2, -0.15) is 0 Å². The molecule has 0 bridgehead atoms. The number of ether oxygens (including phenoxy) is 2. The Bertz CT molecular complexity index is 746. The summed E-state index contributed by atoms with van der Waals surface area (Å²) in [6, 6.07) is 16.1. The predicted molar refractivity (Wildman–Crippen MR) is 93.8 cm³/mol. The Morgan fingerprint density at radius 1 is 1.17 bits per heavy atom. The molecule has 1 atom stereocenters. The molecule has 1 N–H and O–H groups in total. The van der Waals surface area contributed by atoms with Gasteiger partial charge in [0.25, 0.3) is 0 Å². The van der Waals surface area contributed by atoms with Gasteiger partial charge in [0.2, 0.25) is 0 Å². The molecule has 0 spiro atoms. The van der Waals surface area contributed by atoms with Crippen molar-refractivity contribution in [1.29, 1.82) is 0 Å². The molecule has 0 radical (unpaired) electrons. The van der Waals surface area contributed by atoms with E-state index >= 15 is 0 Å². The summed E-state index contributed by atoms with van der Waals surface area (Å²) in [5, 5.41) is 4.25. The average molecular weight is 326 g/mol. The summed E-state index contributed by atoms with van der Waals surface area (Å²) < 4.78 is 12.5. The van der Waals surface area contributed by atoms with Gasteiger partial charge in [-0.05, 0) is 49.2 Å². The molecule has 1 aliphatic rings. The molecule has 4 rings (SSSR count). The van der Waals surface area contributed by atoms with E-state index in [0.717, 1.165) is 41.5 Å². The molecule has 1 aliphatic heterocycles. The first kappa shape index (κ1) is 14.5. The summed E-state index contributed by atoms with van der Waals surface area (Å²) in [6.07, 6.45) is 2.48. The van der Waals surface area contributed by atoms with Gasteiger partial charge in [0, 0.05) is 12.3 Å². The molecule has 3 aromatic rings. The summed E-state index contributed by atoms with van der Waals surface area (Å²) in [5.74, 6) is 0.871. The monoisotopic (exact) mass is 326 g/mol. The lowest BCUT2D eigenvalue weighted by Crippen LogP contribution is -2.16. The minimum Gasteiger partial charge on any atom is -0.491 e. The summed E-state index contributed by atoms with van der Waals surface area (Å²) in [7, 11) is 0. The Morgan fingerprint density at radius 2 is 2.04 bits per heavy atom. The van der Waals surface area contributed by atoms with Gasteiger partial charge >= 0.3 is 0 Å². The van der Waals surface area contributed by atoms with Crippen molar-refractivity contribution in [2.75, 3.05) is 18.5 Å². The normalized spacial score (nSPS) is 17.5. The number of anilines is 2. The van der Waals surface area contributed by atoms with E-state index < -0.39 is 0 Å². The summed E-state index contributed by atoms with van der Waals surface area (Å²) in [5.41, 5.74) is 2.03. The largest absolute Gasteiger partial charge is 0.491 e. The minimum absolute atomic E-state index is 0.246. The maximum atomic E-state index is 5.78. The Morgan fingerprint density at radius 3 is 2.83 bits per heavy atom. The number of aromatic nitrogens is 1. The number of para-hydroxylation sites is 1. The lowest BCUT2D eigenvalue weighted by atomic mass is 10.2. The van der Waals surface area contributed by atoms with Gasteiger partial charge in [-0.25, -0.2) is 4.98 Å². The van der Waals surface area contributed by atoms with Crippen molar-refractivity contribution in [2.45, 2.75) is 18.9 Å². The quantitative estimate of drug-likeness (QED) is 0.744. The third kappa shape index (κ3) is 3.46. The van der Waals surface area contributed by atoms with Gasteiger partial charge in [-0.1, -0.05) is 23.5 Å². The van der Waals surface area contributed by atoms with Gasteiger partial charge in [0.1, 0.15) is 12.4 Å². The SMILES string of the molecule is c1ccc2sc(Nc3ccc(OCC4CCCO4)cc3)nc2c1. The summed E-state index contributed by atoms with van der Waals surface area (Å²) >= 11 is 1.65. The molecule has 1 unspecified atom stereocenters. The van der Waals surface area contributed by atoms with Gasteiger partial charge in [-0.15, -0.1) is 0 Å². The highest BCUT2D eigenvalue weighted by Crippen LogP contribution is 2.28. The molecule has 0 aliphatic carbocycles. The van der Waals surface area contributed by atoms with Crippen LogP contribution in [0.2, 0.25) is 0 Å². The van der Waals surface area contributed by atoms with Crippen molar-refractivity contribution in [1.82, 2.24) is 4.98 Å². The van der Waals surface area contributed by atoms with E-state index in [1.807, 2.05) is 42.5 Å². The molecular weight excluding hydrogens is 308 g/mol. The third-order valence-corrected chi connectivity index (χ3v) is 4.81. The molecule has 2 heterocycles. The lowest BCUT2D eigenvalue weighted by Gasteiger charge is -2.11. The van der Waals surface area contributed by atoms with Crippen molar-refractivity contribution < 1.29 is 9.47 Å². The van der Waals surface area contributed by atoms with Crippen molar-refractivity contribution in [3.63, 3.8) is 0 Å². The van der Waals surface area contributed by atoms with Crippen LogP contribution in [0.15, 0.2) is 48.5 Å². The van der Waals surface area contributed by atoms with E-state index in [4.69, 9.17) is 9.47 Å². The van der Waals surface area contributed by atoms with Crippen LogP contribution in [0.4, 0.5) is 10.8 Å². The number of fused-ring (bicyclic) bond motifs is 1. The van der Waals surface area contributed by atoms with Gasteiger partial charge in [0.15, 0.2) is 5.13 Å². The second-order valence-electron chi connectivity index (χ2n) is 5.58. The Labute approximate surface area is 139 Å². The third-order valence-electron chi connectivity index (χ3n) is 3.86. The molecule has 0 amide bonds. The van der Waals surface area contributed by atoms with Gasteiger partial charge in [-0.3, -0.25) is 0 Å². The van der Waals surface area contributed by atoms with Crippen LogP contribution in [0.1, 0.15) is 12.8 Å². The van der Waals surface area contributed by atoms with Gasteiger partial charge < -0.3 is 14.8 Å². The molecule has 0 saturated carbocycles. The van der Waals surface area contributed by atoms with Crippen LogP contribution < -0.4 is 10.1 Å². The number of thiazole rings is 1. The Hall–Kier alpha value is -2.11. The van der Waals surface area contributed by atoms with Crippen LogP contribution in [0.5, 0.6) is 5.75 Å². The number of hydrogen-bond donors (Lipinski definition) is 1. The molecule has 1 saturated heterocycles. The number of nitrogens with zero attached hydrogens (tertiary/aromatic N) is 1. The summed E-state index contributed by atoms with van der Waals surface area (Å²) in [6.45, 7) is 1.49. The average Bonchev–Trinajstić information content (AvgIpc) is 3.23. The van der Waals surface area contributed by atoms with E-state index in [1.165, 1.54) is 4.70 Å². The van der Waals surface area contributed by atoms with E-state index in [1.54, 1.807) is 11.3 Å². The van der Waals surface area contributed by atoms with E-state index in [0.29, 0.717) is 6.61 Å². The minimum atomic E-state index is 0.246. The Kier molecular flexibility index (Phi) is 4.13. The first-order valence-corrected chi connectivity index (χ1v) is 8.65. The molecule has 2 aromatic carbocycles. The van der Waals surface area contributed by atoms with Crippen LogP contribution in [0.25, 0.3) is 10.2 Å². The van der Waals surface area contributed by atoms with Gasteiger partial charge in [0.05, 0.1) is 16.3 Å². The number of rotatable bonds is 5. The molecule has 118 valence electrons. The fourth-order valence-corrected chi connectivity index (χ4v) is 3.53. The highest BCUT2D eigenvalue weighted by Gasteiger charge is 2.15. The molecule has 5 heteroatoms. The number of nitrogens with one attached hydrogen (secondary N) is 1. The number of hydrogen-bond acceptors (Lipinski definition) is 5. The Balaban J connectivity index is 1.39. The fraction of sp³-hybridized carbons (Fsp3) is 0.278. The second-order valence-corrected chi connectivity index (χ2v) is 6.61. The standard InChI is InChI=1S/C18H18N2O2S/c1-2-6-17-16(5-1)20-18(23-17)19-13-7-9-14(10-8-13)22-12-15-4-3-11-21-15/h1-2,5-10,15H,3-4,11-12H2,(H,19,20). The van der Waals surface area contributed by atoms with Crippen molar-refractivity contribution in [2.24, 2.45) is 0 Å².